The zero-order valence-corrected chi connectivity index (χ0v) is 12.5. The molecular formula is C14H15N3O3S. The Morgan fingerprint density at radius 1 is 1.38 bits per heavy atom. The van der Waals surface area contributed by atoms with E-state index in [2.05, 4.69) is 21.7 Å². The Balaban J connectivity index is 2.34. The lowest BCUT2D eigenvalue weighted by Crippen LogP contribution is -2.16. The van der Waals surface area contributed by atoms with Gasteiger partial charge in [0.15, 0.2) is 5.03 Å². The van der Waals surface area contributed by atoms with Gasteiger partial charge in [-0.25, -0.2) is 0 Å². The summed E-state index contributed by atoms with van der Waals surface area (Å²) in [5.41, 5.74) is 1.97. The number of nitrogens with one attached hydrogen (secondary N) is 1. The molecule has 0 unspecified atom stereocenters. The number of sulfonamides is 1. The molecule has 1 aromatic carbocycles. The summed E-state index contributed by atoms with van der Waals surface area (Å²) in [4.78, 5) is 0. The lowest BCUT2D eigenvalue weighted by atomic mass is 10.1. The van der Waals surface area contributed by atoms with Gasteiger partial charge in [-0.15, -0.1) is 0 Å². The number of benzene rings is 1. The first-order chi connectivity index (χ1) is 9.94. The quantitative estimate of drug-likeness (QED) is 0.824. The van der Waals surface area contributed by atoms with Gasteiger partial charge < -0.3 is 5.11 Å². The molecule has 0 saturated carbocycles. The molecule has 1 aromatic heterocycles. The van der Waals surface area contributed by atoms with E-state index in [0.29, 0.717) is 11.3 Å². The zero-order valence-electron chi connectivity index (χ0n) is 11.7. The summed E-state index contributed by atoms with van der Waals surface area (Å²) in [6, 6.07) is 6.48. The summed E-state index contributed by atoms with van der Waals surface area (Å²) in [6.45, 7) is 1.62. The van der Waals surface area contributed by atoms with Crippen molar-refractivity contribution in [3.05, 3.63) is 41.6 Å². The van der Waals surface area contributed by atoms with E-state index >= 15 is 0 Å². The Hall–Kier alpha value is -2.30. The lowest BCUT2D eigenvalue weighted by molar-refractivity contribution is 0.350. The summed E-state index contributed by atoms with van der Waals surface area (Å²) in [7, 11) is -2.14. The van der Waals surface area contributed by atoms with Gasteiger partial charge in [-0.2, -0.15) is 13.5 Å². The van der Waals surface area contributed by atoms with E-state index in [1.165, 1.54) is 16.9 Å². The third kappa shape index (κ3) is 3.42. The number of hydrogen-bond acceptors (Lipinski definition) is 4. The summed E-state index contributed by atoms with van der Waals surface area (Å²) < 4.78 is 28.3. The van der Waals surface area contributed by atoms with Gasteiger partial charge in [0.2, 0.25) is 0 Å². The van der Waals surface area contributed by atoms with Crippen molar-refractivity contribution in [3.63, 3.8) is 0 Å². The van der Waals surface area contributed by atoms with Gasteiger partial charge in [0.25, 0.3) is 10.0 Å². The van der Waals surface area contributed by atoms with E-state index in [-0.39, 0.29) is 11.6 Å². The highest BCUT2D eigenvalue weighted by atomic mass is 32.2. The zero-order chi connectivity index (χ0) is 15.5. The van der Waals surface area contributed by atoms with Crippen molar-refractivity contribution in [2.24, 2.45) is 7.05 Å². The van der Waals surface area contributed by atoms with Gasteiger partial charge in [0.05, 0.1) is 11.9 Å². The Kier molecular flexibility index (Phi) is 4.31. The summed E-state index contributed by atoms with van der Waals surface area (Å²) in [6.07, 6.45) is 1.42. The van der Waals surface area contributed by atoms with E-state index in [1.807, 2.05) is 6.92 Å². The van der Waals surface area contributed by atoms with Crippen molar-refractivity contribution in [1.29, 1.82) is 0 Å². The molecule has 1 heterocycles. The molecule has 110 valence electrons. The van der Waals surface area contributed by atoms with E-state index < -0.39 is 10.0 Å². The third-order valence-corrected chi connectivity index (χ3v) is 4.30. The molecule has 6 nitrogen and oxygen atoms in total. The van der Waals surface area contributed by atoms with Gasteiger partial charge in [-0.3, -0.25) is 9.40 Å². The number of anilines is 1. The smallest absolute Gasteiger partial charge is 0.279 e. The summed E-state index contributed by atoms with van der Waals surface area (Å²) in [5.74, 6) is 5.33. The van der Waals surface area contributed by atoms with E-state index in [9.17, 15) is 8.42 Å². The molecule has 7 heteroatoms. The SMILES string of the molecule is Cc1ccc(NS(=O)(=O)c2ccnn2C)cc1C#CCO. The van der Waals surface area contributed by atoms with Crippen LogP contribution >= 0.6 is 0 Å². The van der Waals surface area contributed by atoms with Gasteiger partial charge >= 0.3 is 0 Å². The fraction of sp³-hybridized carbons (Fsp3) is 0.214. The van der Waals surface area contributed by atoms with Gasteiger partial charge in [-0.1, -0.05) is 17.9 Å². The van der Waals surface area contributed by atoms with Gasteiger partial charge in [-0.05, 0) is 30.7 Å². The third-order valence-electron chi connectivity index (χ3n) is 2.84. The first-order valence-corrected chi connectivity index (χ1v) is 7.63. The van der Waals surface area contributed by atoms with Crippen LogP contribution in [0.4, 0.5) is 5.69 Å². The Morgan fingerprint density at radius 2 is 2.14 bits per heavy atom. The van der Waals surface area contributed by atoms with Crippen molar-refractivity contribution in [2.75, 3.05) is 11.3 Å². The maximum absolute atomic E-state index is 12.2. The molecule has 0 fully saturated rings. The monoisotopic (exact) mass is 305 g/mol. The second-order valence-electron chi connectivity index (χ2n) is 4.39. The van der Waals surface area contributed by atoms with Crippen molar-refractivity contribution in [2.45, 2.75) is 11.9 Å². The highest BCUT2D eigenvalue weighted by molar-refractivity contribution is 7.92. The molecule has 0 aliphatic carbocycles. The number of rotatable bonds is 3. The van der Waals surface area contributed by atoms with Crippen LogP contribution in [0.2, 0.25) is 0 Å². The van der Waals surface area contributed by atoms with Crippen LogP contribution in [0.25, 0.3) is 0 Å². The standard InChI is InChI=1S/C14H15N3O3S/c1-11-5-6-13(10-12(11)4-3-9-18)16-21(19,20)14-7-8-15-17(14)2/h5-8,10,16,18H,9H2,1-2H3. The highest BCUT2D eigenvalue weighted by Gasteiger charge is 2.18. The fourth-order valence-corrected chi connectivity index (χ4v) is 2.96. The number of aryl methyl sites for hydroxylation is 2. The minimum absolute atomic E-state index is 0.0751. The second kappa shape index (κ2) is 5.99. The van der Waals surface area contributed by atoms with Crippen LogP contribution in [-0.4, -0.2) is 29.9 Å². The predicted molar refractivity (Wildman–Crippen MR) is 79.2 cm³/mol. The molecule has 0 aliphatic heterocycles. The van der Waals surface area contributed by atoms with Crippen LogP contribution in [0, 0.1) is 18.8 Å². The maximum atomic E-state index is 12.2. The van der Waals surface area contributed by atoms with Gasteiger partial charge in [0, 0.05) is 12.6 Å². The van der Waals surface area contributed by atoms with E-state index in [4.69, 9.17) is 5.11 Å². The van der Waals surface area contributed by atoms with Gasteiger partial charge in [0.1, 0.15) is 6.61 Å². The van der Waals surface area contributed by atoms with Crippen LogP contribution in [-0.2, 0) is 17.1 Å². The molecule has 0 radical (unpaired) electrons. The molecule has 0 spiro atoms. The molecule has 0 amide bonds. The average molecular weight is 305 g/mol. The molecule has 0 aliphatic rings. The molecule has 0 atom stereocenters. The van der Waals surface area contributed by atoms with Crippen LogP contribution in [0.5, 0.6) is 0 Å². The maximum Gasteiger partial charge on any atom is 0.279 e. The Morgan fingerprint density at radius 3 is 2.76 bits per heavy atom. The number of aliphatic hydroxyl groups is 1. The number of aromatic nitrogens is 2. The minimum atomic E-state index is -3.70. The molecule has 0 saturated heterocycles. The Bertz CT molecular complexity index is 813. The van der Waals surface area contributed by atoms with Crippen LogP contribution < -0.4 is 4.72 Å². The van der Waals surface area contributed by atoms with Crippen LogP contribution in [0.1, 0.15) is 11.1 Å². The topological polar surface area (TPSA) is 84.2 Å². The van der Waals surface area contributed by atoms with Crippen LogP contribution in [0.3, 0.4) is 0 Å². The number of hydrogen-bond donors (Lipinski definition) is 2. The molecular weight excluding hydrogens is 290 g/mol. The highest BCUT2D eigenvalue weighted by Crippen LogP contribution is 2.18. The average Bonchev–Trinajstić information content (AvgIpc) is 2.86. The van der Waals surface area contributed by atoms with Crippen molar-refractivity contribution >= 4 is 15.7 Å². The van der Waals surface area contributed by atoms with E-state index in [1.54, 1.807) is 25.2 Å². The molecule has 0 bridgehead atoms. The largest absolute Gasteiger partial charge is 0.384 e. The normalized spacial score (nSPS) is 10.8. The minimum Gasteiger partial charge on any atom is -0.384 e. The molecule has 2 rings (SSSR count). The molecule has 21 heavy (non-hydrogen) atoms. The first-order valence-electron chi connectivity index (χ1n) is 6.15. The summed E-state index contributed by atoms with van der Waals surface area (Å²) in [5, 5.41) is 12.7. The van der Waals surface area contributed by atoms with Crippen molar-refractivity contribution in [3.8, 4) is 11.8 Å². The van der Waals surface area contributed by atoms with Crippen LogP contribution in [0.15, 0.2) is 35.5 Å². The Labute approximate surface area is 123 Å². The van der Waals surface area contributed by atoms with E-state index in [0.717, 1.165) is 5.56 Å². The van der Waals surface area contributed by atoms with Crippen molar-refractivity contribution in [1.82, 2.24) is 9.78 Å². The molecule has 2 N–H and O–H groups in total. The molecule has 2 aromatic rings. The van der Waals surface area contributed by atoms with Crippen molar-refractivity contribution < 1.29 is 13.5 Å². The number of nitrogens with zero attached hydrogens (tertiary/aromatic N) is 2. The summed E-state index contributed by atoms with van der Waals surface area (Å²) >= 11 is 0. The second-order valence-corrected chi connectivity index (χ2v) is 6.02. The number of aliphatic hydroxyl groups excluding tert-OH is 1. The first kappa shape index (κ1) is 15.1. The lowest BCUT2D eigenvalue weighted by Gasteiger charge is -2.09. The fourth-order valence-electron chi connectivity index (χ4n) is 1.79. The predicted octanol–water partition coefficient (Wildman–Crippen LogP) is 0.873.